The molecule has 1 amide bonds. The first-order valence-electron chi connectivity index (χ1n) is 10.0. The lowest BCUT2D eigenvalue weighted by Crippen LogP contribution is -2.40. The Kier molecular flexibility index (Phi) is 9.41. The Morgan fingerprint density at radius 2 is 2.20 bits per heavy atom. The molecule has 1 unspecified atom stereocenters. The molecule has 3 rings (SSSR count). The van der Waals surface area contributed by atoms with Gasteiger partial charge in [0.2, 0.25) is 0 Å². The summed E-state index contributed by atoms with van der Waals surface area (Å²) in [4.78, 5) is 19.3. The molecule has 2 aromatic rings. The van der Waals surface area contributed by atoms with Crippen molar-refractivity contribution >= 4 is 35.8 Å². The monoisotopic (exact) mass is 526 g/mol. The molecule has 0 radical (unpaired) electrons. The number of methoxy groups -OCH3 is 1. The number of rotatable bonds is 7. The van der Waals surface area contributed by atoms with Gasteiger partial charge in [0.25, 0.3) is 5.91 Å². The van der Waals surface area contributed by atoms with Crippen molar-refractivity contribution in [2.45, 2.75) is 19.3 Å². The summed E-state index contributed by atoms with van der Waals surface area (Å²) in [5.41, 5.74) is 1.86. The van der Waals surface area contributed by atoms with Crippen molar-refractivity contribution in [3.05, 3.63) is 47.8 Å². The highest BCUT2D eigenvalue weighted by atomic mass is 127. The maximum atomic E-state index is 12.3. The van der Waals surface area contributed by atoms with E-state index in [1.165, 1.54) is 5.56 Å². The van der Waals surface area contributed by atoms with Gasteiger partial charge in [-0.3, -0.25) is 14.5 Å². The third-order valence-corrected chi connectivity index (χ3v) is 5.01. The van der Waals surface area contributed by atoms with Gasteiger partial charge in [-0.05, 0) is 37.1 Å². The Hall–Kier alpha value is -2.30. The first kappa shape index (κ1) is 24.0. The van der Waals surface area contributed by atoms with E-state index in [0.717, 1.165) is 32.0 Å². The number of aryl methyl sites for hydroxylation is 1. The number of carbonyl (C=O) groups excluding carboxylic acids is 1. The molecule has 164 valence electrons. The van der Waals surface area contributed by atoms with Crippen LogP contribution in [-0.4, -0.2) is 66.4 Å². The Labute approximate surface area is 195 Å². The third kappa shape index (κ3) is 6.35. The van der Waals surface area contributed by atoms with Gasteiger partial charge in [0.1, 0.15) is 5.75 Å². The molecule has 1 aromatic carbocycles. The quantitative estimate of drug-likeness (QED) is 0.250. The number of benzene rings is 1. The van der Waals surface area contributed by atoms with Gasteiger partial charge >= 0.3 is 0 Å². The van der Waals surface area contributed by atoms with Crippen LogP contribution in [0.4, 0.5) is 0 Å². The van der Waals surface area contributed by atoms with Crippen molar-refractivity contribution in [2.75, 3.05) is 39.8 Å². The molecule has 1 aliphatic rings. The van der Waals surface area contributed by atoms with Gasteiger partial charge in [0, 0.05) is 50.9 Å². The molecule has 0 spiro atoms. The van der Waals surface area contributed by atoms with E-state index in [-0.39, 0.29) is 29.9 Å². The predicted molar refractivity (Wildman–Crippen MR) is 129 cm³/mol. The molecule has 1 saturated heterocycles. The first-order chi connectivity index (χ1) is 14.1. The van der Waals surface area contributed by atoms with Crippen LogP contribution >= 0.6 is 24.0 Å². The van der Waals surface area contributed by atoms with E-state index in [0.29, 0.717) is 30.3 Å². The fourth-order valence-corrected chi connectivity index (χ4v) is 3.50. The van der Waals surface area contributed by atoms with E-state index in [9.17, 15) is 4.79 Å². The summed E-state index contributed by atoms with van der Waals surface area (Å²) >= 11 is 0. The molecule has 8 nitrogen and oxygen atoms in total. The molecule has 1 aromatic heterocycles. The average Bonchev–Trinajstić information content (AvgIpc) is 3.39. The standard InChI is InChI=1S/C21H30N6O2.HI/c1-4-22-21(27-11-8-17(15-27)18-13-25-26(2)14-18)24-10-9-23-20(28)16-6-5-7-19(12-16)29-3;/h5-7,12-14,17H,4,8-11,15H2,1-3H3,(H,22,24)(H,23,28);1H. The maximum absolute atomic E-state index is 12.3. The van der Waals surface area contributed by atoms with Crippen LogP contribution in [0.5, 0.6) is 5.75 Å². The number of likely N-dealkylation sites (tertiary alicyclic amines) is 1. The van der Waals surface area contributed by atoms with Gasteiger partial charge in [-0.25, -0.2) is 0 Å². The van der Waals surface area contributed by atoms with Crippen LogP contribution < -0.4 is 15.4 Å². The summed E-state index contributed by atoms with van der Waals surface area (Å²) in [5.74, 6) is 1.92. The molecule has 9 heteroatoms. The van der Waals surface area contributed by atoms with Gasteiger partial charge in [-0.2, -0.15) is 5.10 Å². The summed E-state index contributed by atoms with van der Waals surface area (Å²) < 4.78 is 7.02. The van der Waals surface area contributed by atoms with Gasteiger partial charge < -0.3 is 20.3 Å². The molecular formula is C21H31IN6O2. The molecule has 0 aliphatic carbocycles. The number of carbonyl (C=O) groups is 1. The first-order valence-corrected chi connectivity index (χ1v) is 10.0. The van der Waals surface area contributed by atoms with Crippen molar-refractivity contribution in [3.63, 3.8) is 0 Å². The zero-order chi connectivity index (χ0) is 20.6. The largest absolute Gasteiger partial charge is 0.497 e. The summed E-state index contributed by atoms with van der Waals surface area (Å²) in [5, 5.41) is 10.6. The van der Waals surface area contributed by atoms with E-state index < -0.39 is 0 Å². The van der Waals surface area contributed by atoms with E-state index >= 15 is 0 Å². The number of hydrogen-bond donors (Lipinski definition) is 2. The lowest BCUT2D eigenvalue weighted by atomic mass is 10.0. The molecule has 1 aliphatic heterocycles. The number of hydrogen-bond acceptors (Lipinski definition) is 4. The van der Waals surface area contributed by atoms with E-state index in [2.05, 4.69) is 33.8 Å². The molecule has 0 saturated carbocycles. The second-order valence-electron chi connectivity index (χ2n) is 7.10. The zero-order valence-corrected chi connectivity index (χ0v) is 20.1. The fraction of sp³-hybridized carbons (Fsp3) is 0.476. The minimum absolute atomic E-state index is 0. The topological polar surface area (TPSA) is 83.8 Å². The number of ether oxygens (including phenoxy) is 1. The lowest BCUT2D eigenvalue weighted by Gasteiger charge is -2.21. The Morgan fingerprint density at radius 3 is 2.90 bits per heavy atom. The molecule has 1 atom stereocenters. The summed E-state index contributed by atoms with van der Waals surface area (Å²) in [6.07, 6.45) is 5.13. The minimum atomic E-state index is -0.123. The normalized spacial score (nSPS) is 16.2. The highest BCUT2D eigenvalue weighted by Crippen LogP contribution is 2.26. The number of guanidine groups is 1. The van der Waals surface area contributed by atoms with Gasteiger partial charge in [0.15, 0.2) is 5.96 Å². The SMILES string of the molecule is CCNC(=NCCNC(=O)c1cccc(OC)c1)N1CCC(c2cnn(C)c2)C1.I. The minimum Gasteiger partial charge on any atom is -0.497 e. The van der Waals surface area contributed by atoms with Crippen LogP contribution in [0.15, 0.2) is 41.7 Å². The summed E-state index contributed by atoms with van der Waals surface area (Å²) in [7, 11) is 3.53. The van der Waals surface area contributed by atoms with Gasteiger partial charge in [0.05, 0.1) is 19.9 Å². The van der Waals surface area contributed by atoms with Gasteiger partial charge in [-0.15, -0.1) is 24.0 Å². The molecule has 2 heterocycles. The van der Waals surface area contributed by atoms with Crippen molar-refractivity contribution < 1.29 is 9.53 Å². The zero-order valence-electron chi connectivity index (χ0n) is 17.8. The molecule has 2 N–H and O–H groups in total. The Balaban J connectivity index is 0.00000320. The number of aliphatic imine (C=N–C) groups is 1. The van der Waals surface area contributed by atoms with Crippen LogP contribution in [0, 0.1) is 0 Å². The van der Waals surface area contributed by atoms with Crippen molar-refractivity contribution in [3.8, 4) is 5.75 Å². The third-order valence-electron chi connectivity index (χ3n) is 5.01. The second-order valence-corrected chi connectivity index (χ2v) is 7.10. The van der Waals surface area contributed by atoms with E-state index in [4.69, 9.17) is 9.73 Å². The Morgan fingerprint density at radius 1 is 1.37 bits per heavy atom. The Bertz CT molecular complexity index is 854. The lowest BCUT2D eigenvalue weighted by molar-refractivity contribution is 0.0954. The smallest absolute Gasteiger partial charge is 0.251 e. The fourth-order valence-electron chi connectivity index (χ4n) is 3.50. The van der Waals surface area contributed by atoms with Crippen molar-refractivity contribution in [1.82, 2.24) is 25.3 Å². The highest BCUT2D eigenvalue weighted by molar-refractivity contribution is 14.0. The van der Waals surface area contributed by atoms with Crippen LogP contribution in [0.3, 0.4) is 0 Å². The number of halogens is 1. The van der Waals surface area contributed by atoms with Crippen LogP contribution in [0.2, 0.25) is 0 Å². The second kappa shape index (κ2) is 11.8. The average molecular weight is 526 g/mol. The molecule has 30 heavy (non-hydrogen) atoms. The van der Waals surface area contributed by atoms with E-state index in [1.807, 2.05) is 24.0 Å². The van der Waals surface area contributed by atoms with Crippen molar-refractivity contribution in [2.24, 2.45) is 12.0 Å². The van der Waals surface area contributed by atoms with Gasteiger partial charge in [-0.1, -0.05) is 6.07 Å². The molecular weight excluding hydrogens is 495 g/mol. The van der Waals surface area contributed by atoms with E-state index in [1.54, 1.807) is 25.3 Å². The number of amides is 1. The number of nitrogens with one attached hydrogen (secondary N) is 2. The maximum Gasteiger partial charge on any atom is 0.251 e. The van der Waals surface area contributed by atoms with Crippen LogP contribution in [0.25, 0.3) is 0 Å². The van der Waals surface area contributed by atoms with Crippen LogP contribution in [0.1, 0.15) is 35.2 Å². The summed E-state index contributed by atoms with van der Waals surface area (Å²) in [6.45, 7) is 5.75. The van der Waals surface area contributed by atoms with Crippen molar-refractivity contribution in [1.29, 1.82) is 0 Å². The summed E-state index contributed by atoms with van der Waals surface area (Å²) in [6, 6.07) is 7.12. The number of nitrogens with zero attached hydrogens (tertiary/aromatic N) is 4. The molecule has 0 bridgehead atoms. The van der Waals surface area contributed by atoms with Crippen LogP contribution in [-0.2, 0) is 7.05 Å². The highest BCUT2D eigenvalue weighted by Gasteiger charge is 2.26. The number of aromatic nitrogens is 2. The predicted octanol–water partition coefficient (Wildman–Crippen LogP) is 2.23. The molecule has 1 fully saturated rings.